The van der Waals surface area contributed by atoms with Crippen LogP contribution in [0.2, 0.25) is 0 Å². The van der Waals surface area contributed by atoms with E-state index in [4.69, 9.17) is 0 Å². The van der Waals surface area contributed by atoms with E-state index in [9.17, 15) is 4.79 Å². The number of carbonyl (C=O) groups is 1. The standard InChI is InChI=1S/C16H18N4O/c1-19-14(11-5-3-2-4-6-11)10-20-16(19)13(9-17-20)15(21)18-12-7-8-12/h2-6,9,12,14H,7-8,10H2,1H3,(H,18,21). The van der Waals surface area contributed by atoms with Gasteiger partial charge in [-0.3, -0.25) is 4.79 Å². The number of rotatable bonds is 3. The normalized spacial score (nSPS) is 20.4. The minimum absolute atomic E-state index is 0.000637. The summed E-state index contributed by atoms with van der Waals surface area (Å²) in [5.74, 6) is 0.918. The van der Waals surface area contributed by atoms with Gasteiger partial charge in [-0.2, -0.15) is 5.10 Å². The molecule has 1 amide bonds. The molecule has 21 heavy (non-hydrogen) atoms. The number of anilines is 1. The van der Waals surface area contributed by atoms with Crippen molar-refractivity contribution < 1.29 is 4.79 Å². The number of likely N-dealkylation sites (N-methyl/N-ethyl adjacent to an activating group) is 1. The van der Waals surface area contributed by atoms with Crippen molar-refractivity contribution in [3.8, 4) is 0 Å². The molecule has 5 nitrogen and oxygen atoms in total. The van der Waals surface area contributed by atoms with Gasteiger partial charge in [-0.1, -0.05) is 30.3 Å². The van der Waals surface area contributed by atoms with E-state index in [0.29, 0.717) is 11.6 Å². The molecule has 1 aliphatic carbocycles. The molecule has 1 saturated carbocycles. The Bertz CT molecular complexity index is 675. The quantitative estimate of drug-likeness (QED) is 0.936. The van der Waals surface area contributed by atoms with Gasteiger partial charge >= 0.3 is 0 Å². The second-order valence-corrected chi connectivity index (χ2v) is 5.85. The number of carbonyl (C=O) groups excluding carboxylic acids is 1. The fourth-order valence-electron chi connectivity index (χ4n) is 2.97. The average molecular weight is 282 g/mol. The van der Waals surface area contributed by atoms with E-state index in [1.807, 2.05) is 29.9 Å². The Hall–Kier alpha value is -2.30. The number of benzene rings is 1. The third-order valence-corrected chi connectivity index (χ3v) is 4.30. The molecule has 2 heterocycles. The molecule has 1 atom stereocenters. The summed E-state index contributed by atoms with van der Waals surface area (Å²) < 4.78 is 1.93. The summed E-state index contributed by atoms with van der Waals surface area (Å²) in [6.07, 6.45) is 3.88. The fraction of sp³-hybridized carbons (Fsp3) is 0.375. The van der Waals surface area contributed by atoms with E-state index in [1.165, 1.54) is 5.56 Å². The third kappa shape index (κ3) is 2.09. The first-order valence-corrected chi connectivity index (χ1v) is 7.38. The molecule has 0 bridgehead atoms. The summed E-state index contributed by atoms with van der Waals surface area (Å²) in [6.45, 7) is 0.784. The number of nitrogens with zero attached hydrogens (tertiary/aromatic N) is 3. The molecule has 2 aliphatic rings. The minimum atomic E-state index is -0.000637. The third-order valence-electron chi connectivity index (χ3n) is 4.30. The zero-order chi connectivity index (χ0) is 14.4. The summed E-state index contributed by atoms with van der Waals surface area (Å²) in [5.41, 5.74) is 1.93. The SMILES string of the molecule is CN1c2c(C(=O)NC3CC3)cnn2CC1c1ccccc1. The van der Waals surface area contributed by atoms with Crippen LogP contribution in [0, 0.1) is 0 Å². The van der Waals surface area contributed by atoms with Crippen LogP contribution in [0.15, 0.2) is 36.5 Å². The van der Waals surface area contributed by atoms with Crippen molar-refractivity contribution in [2.75, 3.05) is 11.9 Å². The van der Waals surface area contributed by atoms with Crippen LogP contribution in [-0.4, -0.2) is 28.8 Å². The van der Waals surface area contributed by atoms with Crippen LogP contribution in [0.25, 0.3) is 0 Å². The van der Waals surface area contributed by atoms with Crippen LogP contribution < -0.4 is 10.2 Å². The van der Waals surface area contributed by atoms with Crippen LogP contribution in [0.4, 0.5) is 5.82 Å². The summed E-state index contributed by atoms with van der Waals surface area (Å²) >= 11 is 0. The first kappa shape index (κ1) is 12.4. The van der Waals surface area contributed by atoms with Gasteiger partial charge in [0.25, 0.3) is 5.91 Å². The summed E-state index contributed by atoms with van der Waals surface area (Å²) in [4.78, 5) is 14.5. The van der Waals surface area contributed by atoms with E-state index in [0.717, 1.165) is 25.2 Å². The van der Waals surface area contributed by atoms with Gasteiger partial charge in [0.1, 0.15) is 11.4 Å². The van der Waals surface area contributed by atoms with Crippen molar-refractivity contribution in [2.24, 2.45) is 0 Å². The van der Waals surface area contributed by atoms with Crippen molar-refractivity contribution in [2.45, 2.75) is 31.5 Å². The Balaban J connectivity index is 1.63. The van der Waals surface area contributed by atoms with Crippen molar-refractivity contribution in [1.29, 1.82) is 0 Å². The summed E-state index contributed by atoms with van der Waals surface area (Å²) in [7, 11) is 2.03. The van der Waals surface area contributed by atoms with Crippen molar-refractivity contribution in [3.63, 3.8) is 0 Å². The smallest absolute Gasteiger partial charge is 0.256 e. The lowest BCUT2D eigenvalue weighted by Crippen LogP contribution is -2.27. The monoisotopic (exact) mass is 282 g/mol. The molecule has 5 heteroatoms. The maximum atomic E-state index is 12.3. The summed E-state index contributed by atoms with van der Waals surface area (Å²) in [6, 6.07) is 11.0. The van der Waals surface area contributed by atoms with Gasteiger partial charge in [0.05, 0.1) is 18.8 Å². The van der Waals surface area contributed by atoms with Gasteiger partial charge in [-0.25, -0.2) is 4.68 Å². The highest BCUT2D eigenvalue weighted by atomic mass is 16.1. The van der Waals surface area contributed by atoms with Gasteiger partial charge in [0.2, 0.25) is 0 Å². The molecule has 1 fully saturated rings. The molecule has 0 saturated heterocycles. The maximum absolute atomic E-state index is 12.3. The number of nitrogens with one attached hydrogen (secondary N) is 1. The zero-order valence-corrected chi connectivity index (χ0v) is 12.0. The highest BCUT2D eigenvalue weighted by Crippen LogP contribution is 2.36. The van der Waals surface area contributed by atoms with Crippen LogP contribution >= 0.6 is 0 Å². The average Bonchev–Trinajstić information content (AvgIpc) is 3.11. The van der Waals surface area contributed by atoms with E-state index < -0.39 is 0 Å². The molecule has 2 aromatic rings. The molecule has 1 unspecified atom stereocenters. The highest BCUT2D eigenvalue weighted by molar-refractivity contribution is 5.99. The van der Waals surface area contributed by atoms with Crippen molar-refractivity contribution in [3.05, 3.63) is 47.7 Å². The van der Waals surface area contributed by atoms with Gasteiger partial charge in [-0.15, -0.1) is 0 Å². The zero-order valence-electron chi connectivity index (χ0n) is 12.0. The van der Waals surface area contributed by atoms with Crippen molar-refractivity contribution in [1.82, 2.24) is 15.1 Å². The fourth-order valence-corrected chi connectivity index (χ4v) is 2.97. The second-order valence-electron chi connectivity index (χ2n) is 5.85. The minimum Gasteiger partial charge on any atom is -0.350 e. The number of hydrogen-bond donors (Lipinski definition) is 1. The molecule has 1 aromatic carbocycles. The molecular weight excluding hydrogens is 264 g/mol. The van der Waals surface area contributed by atoms with Crippen LogP contribution in [0.1, 0.15) is 34.8 Å². The number of amides is 1. The Morgan fingerprint density at radius 1 is 1.29 bits per heavy atom. The number of hydrogen-bond acceptors (Lipinski definition) is 3. The number of fused-ring (bicyclic) bond motifs is 1. The molecule has 1 aromatic heterocycles. The van der Waals surface area contributed by atoms with Crippen LogP contribution in [0.5, 0.6) is 0 Å². The largest absolute Gasteiger partial charge is 0.350 e. The lowest BCUT2D eigenvalue weighted by molar-refractivity contribution is 0.0951. The molecule has 108 valence electrons. The first-order valence-electron chi connectivity index (χ1n) is 7.38. The lowest BCUT2D eigenvalue weighted by atomic mass is 10.1. The van der Waals surface area contributed by atoms with Gasteiger partial charge in [-0.05, 0) is 18.4 Å². The van der Waals surface area contributed by atoms with E-state index in [-0.39, 0.29) is 11.9 Å². The number of aromatic nitrogens is 2. The Labute approximate surface area is 123 Å². The Morgan fingerprint density at radius 3 is 2.76 bits per heavy atom. The van der Waals surface area contributed by atoms with E-state index in [2.05, 4.69) is 27.4 Å². The Morgan fingerprint density at radius 2 is 2.05 bits per heavy atom. The Kier molecular flexibility index (Phi) is 2.74. The predicted octanol–water partition coefficient (Wildman–Crippen LogP) is 1.97. The van der Waals surface area contributed by atoms with E-state index >= 15 is 0 Å². The van der Waals surface area contributed by atoms with Gasteiger partial charge < -0.3 is 10.2 Å². The molecule has 1 aliphatic heterocycles. The molecule has 1 N–H and O–H groups in total. The van der Waals surface area contributed by atoms with Crippen molar-refractivity contribution >= 4 is 11.7 Å². The first-order chi connectivity index (χ1) is 10.2. The molecule has 0 radical (unpaired) electrons. The maximum Gasteiger partial charge on any atom is 0.256 e. The van der Waals surface area contributed by atoms with E-state index in [1.54, 1.807) is 6.20 Å². The predicted molar refractivity (Wildman–Crippen MR) is 80.3 cm³/mol. The molecular formula is C16H18N4O. The van der Waals surface area contributed by atoms with Gasteiger partial charge in [0, 0.05) is 13.1 Å². The van der Waals surface area contributed by atoms with Gasteiger partial charge in [0.15, 0.2) is 0 Å². The molecule has 0 spiro atoms. The topological polar surface area (TPSA) is 50.2 Å². The van der Waals surface area contributed by atoms with Crippen LogP contribution in [-0.2, 0) is 6.54 Å². The second kappa shape index (κ2) is 4.62. The highest BCUT2D eigenvalue weighted by Gasteiger charge is 2.34. The lowest BCUT2D eigenvalue weighted by Gasteiger charge is -2.22. The van der Waals surface area contributed by atoms with Crippen LogP contribution in [0.3, 0.4) is 0 Å². The molecule has 4 rings (SSSR count). The summed E-state index contributed by atoms with van der Waals surface area (Å²) in [5, 5.41) is 7.43.